The van der Waals surface area contributed by atoms with Crippen molar-refractivity contribution in [3.8, 4) is 0 Å². The number of hydrogen-bond donors (Lipinski definition) is 1. The highest BCUT2D eigenvalue weighted by molar-refractivity contribution is 6.27. The highest BCUT2D eigenvalue weighted by Crippen LogP contribution is 1.78. The molecule has 0 saturated carbocycles. The molecule has 0 fully saturated rings. The Morgan fingerprint density at radius 1 is 2.00 bits per heavy atom. The Hall–Kier alpha value is -0.0800. The number of aldehydes is 1. The van der Waals surface area contributed by atoms with Crippen molar-refractivity contribution in [1.29, 1.82) is 0 Å². The van der Waals surface area contributed by atoms with Crippen molar-refractivity contribution in [1.82, 2.24) is 5.32 Å². The number of hydrogen-bond acceptors (Lipinski definition) is 2. The minimum atomic E-state index is -0.523. The zero-order chi connectivity index (χ0) is 4.99. The average molecular weight is 108 g/mol. The number of rotatable bonds is 2. The smallest absolute Gasteiger partial charge is 0.152 e. The van der Waals surface area contributed by atoms with Crippen LogP contribution in [0, 0.1) is 0 Å². The number of carbonyl (C=O) groups is 1. The van der Waals surface area contributed by atoms with Gasteiger partial charge in [-0.05, 0) is 7.05 Å². The summed E-state index contributed by atoms with van der Waals surface area (Å²) < 4.78 is 0. The van der Waals surface area contributed by atoms with Crippen LogP contribution in [0.2, 0.25) is 0 Å². The van der Waals surface area contributed by atoms with Gasteiger partial charge < -0.3 is 4.79 Å². The predicted molar refractivity (Wildman–Crippen MR) is 24.8 cm³/mol. The second-order valence-electron chi connectivity index (χ2n) is 0.827. The third-order valence-electron chi connectivity index (χ3n) is 0.395. The summed E-state index contributed by atoms with van der Waals surface area (Å²) in [5, 5.41) is 2.51. The molecule has 0 heterocycles. The lowest BCUT2D eigenvalue weighted by Crippen LogP contribution is -2.18. The standard InChI is InChI=1S/C3H6ClNO/c1-5-3(4)2-6/h2-3,5H,1H3. The van der Waals surface area contributed by atoms with Crippen LogP contribution in [0.1, 0.15) is 0 Å². The summed E-state index contributed by atoms with van der Waals surface area (Å²) in [6, 6.07) is 0. The highest BCUT2D eigenvalue weighted by atomic mass is 35.5. The van der Waals surface area contributed by atoms with Crippen molar-refractivity contribution in [3.63, 3.8) is 0 Å². The summed E-state index contributed by atoms with van der Waals surface area (Å²) in [5.74, 6) is 0. The maximum atomic E-state index is 9.54. The third kappa shape index (κ3) is 2.18. The lowest BCUT2D eigenvalue weighted by atomic mass is 10.7. The molecule has 0 radical (unpaired) electrons. The highest BCUT2D eigenvalue weighted by Gasteiger charge is 1.90. The fourth-order valence-electron chi connectivity index (χ4n) is 0.0680. The van der Waals surface area contributed by atoms with Crippen LogP contribution in [0.4, 0.5) is 0 Å². The average Bonchev–Trinajstić information content (AvgIpc) is 1.65. The van der Waals surface area contributed by atoms with Gasteiger partial charge in [-0.3, -0.25) is 5.32 Å². The lowest BCUT2D eigenvalue weighted by Gasteiger charge is -1.91. The molecule has 3 heteroatoms. The Bertz CT molecular complexity index is 48.1. The predicted octanol–water partition coefficient (Wildman–Crippen LogP) is -0.0304. The maximum Gasteiger partial charge on any atom is 0.152 e. The van der Waals surface area contributed by atoms with Gasteiger partial charge in [0.2, 0.25) is 0 Å². The summed E-state index contributed by atoms with van der Waals surface area (Å²) >= 11 is 5.17. The number of likely N-dealkylation sites (N-methyl/N-ethyl adjacent to an activating group) is 1. The minimum absolute atomic E-state index is 0.523. The quantitative estimate of drug-likeness (QED) is 0.305. The van der Waals surface area contributed by atoms with Crippen LogP contribution in [0.3, 0.4) is 0 Å². The Balaban J connectivity index is 2.96. The van der Waals surface area contributed by atoms with Gasteiger partial charge in [-0.15, -0.1) is 0 Å². The molecule has 0 saturated heterocycles. The summed E-state index contributed by atoms with van der Waals surface area (Å²) in [5.41, 5.74) is -0.523. The molecule has 0 aromatic heterocycles. The second-order valence-corrected chi connectivity index (χ2v) is 1.30. The molecule has 6 heavy (non-hydrogen) atoms. The summed E-state index contributed by atoms with van der Waals surface area (Å²) in [6.07, 6.45) is 0.627. The Morgan fingerprint density at radius 2 is 2.50 bits per heavy atom. The van der Waals surface area contributed by atoms with E-state index in [1.807, 2.05) is 0 Å². The first kappa shape index (κ1) is 5.92. The van der Waals surface area contributed by atoms with Crippen molar-refractivity contribution < 1.29 is 4.79 Å². The molecule has 1 unspecified atom stereocenters. The molecular weight excluding hydrogens is 101 g/mol. The van der Waals surface area contributed by atoms with E-state index in [4.69, 9.17) is 11.6 Å². The fraction of sp³-hybridized carbons (Fsp3) is 0.667. The van der Waals surface area contributed by atoms with Gasteiger partial charge in [0, 0.05) is 0 Å². The van der Waals surface area contributed by atoms with Crippen molar-refractivity contribution in [3.05, 3.63) is 0 Å². The van der Waals surface area contributed by atoms with Crippen LogP contribution >= 0.6 is 11.6 Å². The first-order chi connectivity index (χ1) is 2.81. The van der Waals surface area contributed by atoms with Gasteiger partial charge >= 0.3 is 0 Å². The van der Waals surface area contributed by atoms with Gasteiger partial charge in [0.25, 0.3) is 0 Å². The zero-order valence-electron chi connectivity index (χ0n) is 3.44. The molecule has 0 aliphatic carbocycles. The number of nitrogens with one attached hydrogen (secondary N) is 1. The fourth-order valence-corrected chi connectivity index (χ4v) is 0.0680. The molecule has 1 atom stereocenters. The molecular formula is C3H6ClNO. The minimum Gasteiger partial charge on any atom is -0.300 e. The number of carbonyl (C=O) groups excluding carboxylic acids is 1. The van der Waals surface area contributed by atoms with E-state index in [1.165, 1.54) is 0 Å². The van der Waals surface area contributed by atoms with Gasteiger partial charge in [0.15, 0.2) is 6.29 Å². The summed E-state index contributed by atoms with van der Waals surface area (Å²) in [6.45, 7) is 0. The van der Waals surface area contributed by atoms with E-state index in [1.54, 1.807) is 7.05 Å². The van der Waals surface area contributed by atoms with E-state index in [0.29, 0.717) is 6.29 Å². The molecule has 0 amide bonds. The van der Waals surface area contributed by atoms with Crippen LogP contribution in [0.15, 0.2) is 0 Å². The van der Waals surface area contributed by atoms with Crippen LogP contribution < -0.4 is 5.32 Å². The van der Waals surface area contributed by atoms with Gasteiger partial charge in [-0.2, -0.15) is 0 Å². The molecule has 0 aliphatic rings. The van der Waals surface area contributed by atoms with E-state index < -0.39 is 5.50 Å². The molecule has 0 aromatic rings. The van der Waals surface area contributed by atoms with E-state index in [-0.39, 0.29) is 0 Å². The van der Waals surface area contributed by atoms with E-state index in [9.17, 15) is 4.79 Å². The molecule has 0 bridgehead atoms. The molecule has 2 nitrogen and oxygen atoms in total. The largest absolute Gasteiger partial charge is 0.300 e. The van der Waals surface area contributed by atoms with Crippen molar-refractivity contribution in [2.45, 2.75) is 5.50 Å². The number of halogens is 1. The Kier molecular flexibility index (Phi) is 3.08. The van der Waals surface area contributed by atoms with Gasteiger partial charge in [-0.1, -0.05) is 11.6 Å². The van der Waals surface area contributed by atoms with Gasteiger partial charge in [-0.25, -0.2) is 0 Å². The lowest BCUT2D eigenvalue weighted by molar-refractivity contribution is -0.107. The third-order valence-corrected chi connectivity index (χ3v) is 0.716. The topological polar surface area (TPSA) is 29.1 Å². The Morgan fingerprint density at radius 3 is 2.50 bits per heavy atom. The molecule has 0 aromatic carbocycles. The van der Waals surface area contributed by atoms with E-state index in [2.05, 4.69) is 5.32 Å². The number of alkyl halides is 1. The second kappa shape index (κ2) is 3.12. The molecule has 0 spiro atoms. The SMILES string of the molecule is CNC(Cl)C=O. The maximum absolute atomic E-state index is 9.54. The molecule has 1 N–H and O–H groups in total. The van der Waals surface area contributed by atoms with Crippen LogP contribution in [0.5, 0.6) is 0 Å². The van der Waals surface area contributed by atoms with Crippen molar-refractivity contribution in [2.24, 2.45) is 0 Å². The Labute approximate surface area is 41.5 Å². The molecule has 0 aliphatic heterocycles. The summed E-state index contributed by atoms with van der Waals surface area (Å²) in [4.78, 5) is 9.54. The van der Waals surface area contributed by atoms with Gasteiger partial charge in [0.1, 0.15) is 5.50 Å². The van der Waals surface area contributed by atoms with E-state index >= 15 is 0 Å². The van der Waals surface area contributed by atoms with Crippen LogP contribution in [-0.4, -0.2) is 18.8 Å². The molecule has 36 valence electrons. The van der Waals surface area contributed by atoms with Gasteiger partial charge in [0.05, 0.1) is 0 Å². The first-order valence-electron chi connectivity index (χ1n) is 1.58. The normalized spacial score (nSPS) is 13.7. The zero-order valence-corrected chi connectivity index (χ0v) is 4.20. The van der Waals surface area contributed by atoms with Crippen LogP contribution in [0.25, 0.3) is 0 Å². The monoisotopic (exact) mass is 107 g/mol. The van der Waals surface area contributed by atoms with E-state index in [0.717, 1.165) is 0 Å². The molecule has 0 rings (SSSR count). The van der Waals surface area contributed by atoms with Crippen molar-refractivity contribution in [2.75, 3.05) is 7.05 Å². The first-order valence-corrected chi connectivity index (χ1v) is 2.01. The summed E-state index contributed by atoms with van der Waals surface area (Å²) in [7, 11) is 1.62. The van der Waals surface area contributed by atoms with Crippen LogP contribution in [-0.2, 0) is 4.79 Å². The van der Waals surface area contributed by atoms with Crippen molar-refractivity contribution >= 4 is 17.9 Å².